The molecule has 3 nitrogen and oxygen atoms in total. The summed E-state index contributed by atoms with van der Waals surface area (Å²) in [6.45, 7) is 4.20. The smallest absolute Gasteiger partial charge is 0.141 e. The Morgan fingerprint density at radius 2 is 2.05 bits per heavy atom. The van der Waals surface area contributed by atoms with E-state index in [9.17, 15) is 4.39 Å². The van der Waals surface area contributed by atoms with E-state index in [4.69, 9.17) is 5.73 Å². The highest BCUT2D eigenvalue weighted by atomic mass is 19.1. The van der Waals surface area contributed by atoms with Crippen LogP contribution in [0.4, 0.5) is 10.1 Å². The first-order valence-electron chi connectivity index (χ1n) is 6.81. The fourth-order valence-corrected chi connectivity index (χ4v) is 2.25. The van der Waals surface area contributed by atoms with Crippen LogP contribution in [-0.4, -0.2) is 18.1 Å². The molecular formula is C16H20FN3. The molecule has 0 spiro atoms. The predicted molar refractivity (Wildman–Crippen MR) is 80.1 cm³/mol. The summed E-state index contributed by atoms with van der Waals surface area (Å²) in [7, 11) is 0. The summed E-state index contributed by atoms with van der Waals surface area (Å²) in [5, 5.41) is 0. The van der Waals surface area contributed by atoms with Gasteiger partial charge in [0, 0.05) is 25.0 Å². The number of nitrogens with zero attached hydrogens (tertiary/aromatic N) is 2. The normalized spacial score (nSPS) is 10.6. The number of pyridine rings is 1. The van der Waals surface area contributed by atoms with E-state index in [0.29, 0.717) is 13.1 Å². The molecule has 0 aliphatic heterocycles. The van der Waals surface area contributed by atoms with Crippen LogP contribution < -0.4 is 10.6 Å². The maximum Gasteiger partial charge on any atom is 0.141 e. The van der Waals surface area contributed by atoms with Crippen LogP contribution in [0.3, 0.4) is 0 Å². The monoisotopic (exact) mass is 273 g/mol. The molecule has 2 N–H and O–H groups in total. The van der Waals surface area contributed by atoms with Gasteiger partial charge in [0.25, 0.3) is 0 Å². The fraction of sp³-hybridized carbons (Fsp3) is 0.312. The van der Waals surface area contributed by atoms with Crippen molar-refractivity contribution in [1.82, 2.24) is 4.98 Å². The number of hydrogen-bond acceptors (Lipinski definition) is 3. The lowest BCUT2D eigenvalue weighted by Crippen LogP contribution is -2.26. The van der Waals surface area contributed by atoms with Gasteiger partial charge in [-0.25, -0.2) is 4.39 Å². The molecule has 0 aliphatic carbocycles. The topological polar surface area (TPSA) is 42.1 Å². The third-order valence-corrected chi connectivity index (χ3v) is 3.22. The predicted octanol–water partition coefficient (Wildman–Crippen LogP) is 2.88. The zero-order valence-electron chi connectivity index (χ0n) is 11.7. The molecular weight excluding hydrogens is 253 g/mol. The number of hydrogen-bond donors (Lipinski definition) is 1. The van der Waals surface area contributed by atoms with Gasteiger partial charge >= 0.3 is 0 Å². The van der Waals surface area contributed by atoms with Gasteiger partial charge in [-0.05, 0) is 43.1 Å². The van der Waals surface area contributed by atoms with Crippen molar-refractivity contribution in [3.8, 4) is 0 Å². The highest BCUT2D eigenvalue weighted by Crippen LogP contribution is 2.21. The molecule has 0 aliphatic rings. The summed E-state index contributed by atoms with van der Waals surface area (Å²) in [6.07, 6.45) is 3.83. The van der Waals surface area contributed by atoms with Crippen LogP contribution in [0.1, 0.15) is 17.5 Å². The second-order valence-electron chi connectivity index (χ2n) is 4.86. The molecule has 20 heavy (non-hydrogen) atoms. The molecule has 2 aromatic rings. The maximum atomic E-state index is 13.3. The van der Waals surface area contributed by atoms with Crippen molar-refractivity contribution in [1.29, 1.82) is 0 Å². The van der Waals surface area contributed by atoms with Gasteiger partial charge < -0.3 is 10.6 Å². The number of nitrogens with two attached hydrogens (primary N) is 1. The van der Waals surface area contributed by atoms with Crippen LogP contribution in [0.15, 0.2) is 42.7 Å². The highest BCUT2D eigenvalue weighted by Gasteiger charge is 2.10. The van der Waals surface area contributed by atoms with E-state index in [1.54, 1.807) is 6.20 Å². The number of benzene rings is 1. The first-order valence-corrected chi connectivity index (χ1v) is 6.81. The van der Waals surface area contributed by atoms with Crippen LogP contribution in [0.2, 0.25) is 0 Å². The van der Waals surface area contributed by atoms with E-state index in [1.165, 1.54) is 17.8 Å². The molecule has 2 rings (SSSR count). The Labute approximate surface area is 119 Å². The fourth-order valence-electron chi connectivity index (χ4n) is 2.25. The van der Waals surface area contributed by atoms with Gasteiger partial charge in [-0.1, -0.05) is 18.2 Å². The van der Waals surface area contributed by atoms with Crippen molar-refractivity contribution >= 4 is 5.69 Å². The van der Waals surface area contributed by atoms with E-state index in [2.05, 4.69) is 28.9 Å². The van der Waals surface area contributed by atoms with E-state index < -0.39 is 0 Å². The lowest BCUT2D eigenvalue weighted by atomic mass is 10.1. The summed E-state index contributed by atoms with van der Waals surface area (Å²) in [6, 6.07) is 9.72. The van der Waals surface area contributed by atoms with Crippen LogP contribution in [-0.2, 0) is 6.54 Å². The standard InChI is InChI=1S/C16H20FN3/c1-13-5-2-3-6-16(13)20(8-4-7-18)12-14-9-15(17)11-19-10-14/h2-3,5-6,9-11H,4,7-8,12,18H2,1H3. The van der Waals surface area contributed by atoms with Crippen molar-refractivity contribution in [2.24, 2.45) is 5.73 Å². The zero-order chi connectivity index (χ0) is 14.4. The van der Waals surface area contributed by atoms with Crippen LogP contribution in [0, 0.1) is 12.7 Å². The van der Waals surface area contributed by atoms with Crippen molar-refractivity contribution < 1.29 is 4.39 Å². The van der Waals surface area contributed by atoms with Gasteiger partial charge in [0.05, 0.1) is 6.20 Å². The zero-order valence-corrected chi connectivity index (χ0v) is 11.7. The lowest BCUT2D eigenvalue weighted by Gasteiger charge is -2.26. The van der Waals surface area contributed by atoms with Crippen molar-refractivity contribution in [3.63, 3.8) is 0 Å². The molecule has 0 fully saturated rings. The molecule has 0 unspecified atom stereocenters. The molecule has 0 radical (unpaired) electrons. The van der Waals surface area contributed by atoms with Gasteiger partial charge in [0.15, 0.2) is 0 Å². The van der Waals surface area contributed by atoms with E-state index in [1.807, 2.05) is 12.1 Å². The first-order chi connectivity index (χ1) is 9.70. The molecule has 4 heteroatoms. The van der Waals surface area contributed by atoms with Gasteiger partial charge in [0.1, 0.15) is 5.82 Å². The number of anilines is 1. The molecule has 1 aromatic heterocycles. The Hall–Kier alpha value is -1.94. The summed E-state index contributed by atoms with van der Waals surface area (Å²) in [5.41, 5.74) is 8.84. The quantitative estimate of drug-likeness (QED) is 0.880. The number of aromatic nitrogens is 1. The number of aryl methyl sites for hydroxylation is 1. The second kappa shape index (κ2) is 7.01. The largest absolute Gasteiger partial charge is 0.367 e. The maximum absolute atomic E-state index is 13.3. The van der Waals surface area contributed by atoms with Crippen molar-refractivity contribution in [2.75, 3.05) is 18.0 Å². The summed E-state index contributed by atoms with van der Waals surface area (Å²) >= 11 is 0. The highest BCUT2D eigenvalue weighted by molar-refractivity contribution is 5.53. The summed E-state index contributed by atoms with van der Waals surface area (Å²) in [4.78, 5) is 6.13. The molecule has 0 atom stereocenters. The summed E-state index contributed by atoms with van der Waals surface area (Å²) < 4.78 is 13.3. The molecule has 1 aromatic carbocycles. The molecule has 0 bridgehead atoms. The minimum atomic E-state index is -0.300. The Kier molecular flexibility index (Phi) is 5.07. The Morgan fingerprint density at radius 1 is 1.25 bits per heavy atom. The second-order valence-corrected chi connectivity index (χ2v) is 4.86. The van der Waals surface area contributed by atoms with Crippen LogP contribution >= 0.6 is 0 Å². The average molecular weight is 273 g/mol. The van der Waals surface area contributed by atoms with Gasteiger partial charge in [-0.3, -0.25) is 4.98 Å². The minimum absolute atomic E-state index is 0.300. The van der Waals surface area contributed by atoms with Gasteiger partial charge in [0.2, 0.25) is 0 Å². The molecule has 0 amide bonds. The molecule has 1 heterocycles. The molecule has 106 valence electrons. The molecule has 0 saturated carbocycles. The Morgan fingerprint density at radius 3 is 2.75 bits per heavy atom. The average Bonchev–Trinajstić information content (AvgIpc) is 2.44. The first kappa shape index (κ1) is 14.5. The van der Waals surface area contributed by atoms with E-state index in [0.717, 1.165) is 24.2 Å². The summed E-state index contributed by atoms with van der Waals surface area (Å²) in [5.74, 6) is -0.300. The third kappa shape index (κ3) is 3.78. The SMILES string of the molecule is Cc1ccccc1N(CCCN)Cc1cncc(F)c1. The number of halogens is 1. The minimum Gasteiger partial charge on any atom is -0.367 e. The number of para-hydroxylation sites is 1. The van der Waals surface area contributed by atoms with Crippen LogP contribution in [0.25, 0.3) is 0 Å². The van der Waals surface area contributed by atoms with Gasteiger partial charge in [-0.2, -0.15) is 0 Å². The molecule has 0 saturated heterocycles. The van der Waals surface area contributed by atoms with Crippen LogP contribution in [0.5, 0.6) is 0 Å². The van der Waals surface area contributed by atoms with E-state index in [-0.39, 0.29) is 5.82 Å². The Balaban J connectivity index is 2.22. The van der Waals surface area contributed by atoms with Gasteiger partial charge in [-0.15, -0.1) is 0 Å². The van der Waals surface area contributed by atoms with Crippen molar-refractivity contribution in [2.45, 2.75) is 19.9 Å². The lowest BCUT2D eigenvalue weighted by molar-refractivity contribution is 0.616. The van der Waals surface area contributed by atoms with E-state index >= 15 is 0 Å². The number of rotatable bonds is 6. The third-order valence-electron chi connectivity index (χ3n) is 3.22. The van der Waals surface area contributed by atoms with Crippen molar-refractivity contribution in [3.05, 3.63) is 59.7 Å². The Bertz CT molecular complexity index is 557.